The maximum absolute atomic E-state index is 13.1. The van der Waals surface area contributed by atoms with Crippen molar-refractivity contribution in [2.24, 2.45) is 0 Å². The van der Waals surface area contributed by atoms with E-state index >= 15 is 0 Å². The second kappa shape index (κ2) is 8.22. The van der Waals surface area contributed by atoms with Gasteiger partial charge in [-0.05, 0) is 12.0 Å². The third-order valence-corrected chi connectivity index (χ3v) is 4.47. The predicted molar refractivity (Wildman–Crippen MR) is 91.9 cm³/mol. The van der Waals surface area contributed by atoms with E-state index in [1.54, 1.807) is 12.0 Å². The zero-order valence-corrected chi connectivity index (χ0v) is 14.5. The number of aromatic nitrogens is 3. The van der Waals surface area contributed by atoms with Crippen molar-refractivity contribution in [3.05, 3.63) is 47.5 Å². The Labute approximate surface area is 147 Å². The zero-order valence-electron chi connectivity index (χ0n) is 14.5. The first-order valence-corrected chi connectivity index (χ1v) is 8.59. The van der Waals surface area contributed by atoms with Gasteiger partial charge in [0, 0.05) is 33.1 Å². The van der Waals surface area contributed by atoms with Crippen LogP contribution in [0.3, 0.4) is 0 Å². The molecule has 134 valence electrons. The van der Waals surface area contributed by atoms with Crippen LogP contribution >= 0.6 is 0 Å². The summed E-state index contributed by atoms with van der Waals surface area (Å²) in [7, 11) is 1.63. The molecule has 0 fully saturated rings. The molecule has 1 aliphatic heterocycles. The highest BCUT2D eigenvalue weighted by Gasteiger charge is 2.35. The van der Waals surface area contributed by atoms with E-state index in [0.717, 1.165) is 17.2 Å². The molecule has 1 amide bonds. The minimum atomic E-state index is -0.355. The Kier molecular flexibility index (Phi) is 5.78. The van der Waals surface area contributed by atoms with E-state index in [9.17, 15) is 4.79 Å². The van der Waals surface area contributed by atoms with Gasteiger partial charge in [-0.1, -0.05) is 30.3 Å². The summed E-state index contributed by atoms with van der Waals surface area (Å²) in [5.41, 5.74) is 1.10. The number of fused-ring (bicyclic) bond motifs is 1. The Morgan fingerprint density at radius 1 is 1.28 bits per heavy atom. The van der Waals surface area contributed by atoms with E-state index in [4.69, 9.17) is 9.84 Å². The van der Waals surface area contributed by atoms with Crippen molar-refractivity contribution in [1.82, 2.24) is 19.7 Å². The highest BCUT2D eigenvalue weighted by atomic mass is 16.5. The number of carbonyl (C=O) groups is 1. The number of ether oxygens (including phenoxy) is 1. The van der Waals surface area contributed by atoms with Crippen molar-refractivity contribution < 1.29 is 14.6 Å². The highest BCUT2D eigenvalue weighted by Crippen LogP contribution is 2.27. The molecule has 0 spiro atoms. The van der Waals surface area contributed by atoms with Crippen molar-refractivity contribution in [1.29, 1.82) is 0 Å². The van der Waals surface area contributed by atoms with Gasteiger partial charge in [-0.15, -0.1) is 10.2 Å². The quantitative estimate of drug-likeness (QED) is 0.772. The fraction of sp³-hybridized carbons (Fsp3) is 0.500. The number of hydrogen-bond acceptors (Lipinski definition) is 5. The first-order chi connectivity index (χ1) is 12.2. The molecule has 2 aromatic rings. The number of carbonyl (C=O) groups excluding carboxylic acids is 1. The third kappa shape index (κ3) is 3.88. The Morgan fingerprint density at radius 2 is 2.08 bits per heavy atom. The smallest absolute Gasteiger partial charge is 0.246 e. The van der Waals surface area contributed by atoms with Crippen LogP contribution in [0.1, 0.15) is 29.7 Å². The Morgan fingerprint density at radius 3 is 2.80 bits per heavy atom. The van der Waals surface area contributed by atoms with Gasteiger partial charge in [-0.3, -0.25) is 4.79 Å². The molecule has 0 unspecified atom stereocenters. The van der Waals surface area contributed by atoms with Gasteiger partial charge in [0.05, 0.1) is 13.2 Å². The molecule has 7 nitrogen and oxygen atoms in total. The van der Waals surface area contributed by atoms with E-state index in [1.807, 2.05) is 34.9 Å². The molecule has 1 aromatic heterocycles. The number of benzene rings is 1. The summed E-state index contributed by atoms with van der Waals surface area (Å²) < 4.78 is 7.09. The van der Waals surface area contributed by atoms with E-state index in [1.165, 1.54) is 0 Å². The number of hydrogen-bond donors (Lipinski definition) is 1. The standard InChI is InChI=1S/C18H24N4O3/c1-25-11-9-21-13-17-20-19-16(8-5-10-23)22(17)15(18(21)24)12-14-6-3-2-4-7-14/h2-4,6-7,15,23H,5,8-13H2,1H3/t15-/m1/s1. The van der Waals surface area contributed by atoms with Crippen LogP contribution in [0.15, 0.2) is 30.3 Å². The highest BCUT2D eigenvalue weighted by molar-refractivity contribution is 5.82. The molecule has 1 N–H and O–H groups in total. The van der Waals surface area contributed by atoms with Crippen LogP contribution in [0, 0.1) is 0 Å². The lowest BCUT2D eigenvalue weighted by molar-refractivity contribution is -0.138. The first-order valence-electron chi connectivity index (χ1n) is 8.59. The summed E-state index contributed by atoms with van der Waals surface area (Å²) >= 11 is 0. The summed E-state index contributed by atoms with van der Waals surface area (Å²) in [5.74, 6) is 1.63. The monoisotopic (exact) mass is 344 g/mol. The number of aryl methyl sites for hydroxylation is 1. The van der Waals surface area contributed by atoms with Gasteiger partial charge in [0.1, 0.15) is 11.9 Å². The van der Waals surface area contributed by atoms with Gasteiger partial charge in [0.15, 0.2) is 5.82 Å². The number of aliphatic hydroxyl groups excluding tert-OH is 1. The van der Waals surface area contributed by atoms with Crippen molar-refractivity contribution in [2.75, 3.05) is 26.9 Å². The van der Waals surface area contributed by atoms with Gasteiger partial charge < -0.3 is 19.3 Å². The van der Waals surface area contributed by atoms with Crippen molar-refractivity contribution in [2.45, 2.75) is 31.8 Å². The van der Waals surface area contributed by atoms with Crippen molar-refractivity contribution >= 4 is 5.91 Å². The molecule has 7 heteroatoms. The minimum absolute atomic E-state index is 0.0680. The number of rotatable bonds is 8. The van der Waals surface area contributed by atoms with E-state index < -0.39 is 0 Å². The SMILES string of the molecule is COCCN1Cc2nnc(CCCO)n2[C@H](Cc2ccccc2)C1=O. The number of aliphatic hydroxyl groups is 1. The molecule has 0 saturated heterocycles. The minimum Gasteiger partial charge on any atom is -0.396 e. The Balaban J connectivity index is 1.91. The average Bonchev–Trinajstić information content (AvgIpc) is 3.04. The lowest BCUT2D eigenvalue weighted by Gasteiger charge is -2.34. The molecular weight excluding hydrogens is 320 g/mol. The van der Waals surface area contributed by atoms with Crippen LogP contribution in [0.4, 0.5) is 0 Å². The number of amides is 1. The van der Waals surface area contributed by atoms with Crippen LogP contribution in [0.2, 0.25) is 0 Å². The second-order valence-corrected chi connectivity index (χ2v) is 6.19. The van der Waals surface area contributed by atoms with Crippen LogP contribution in [-0.4, -0.2) is 57.5 Å². The molecule has 0 aliphatic carbocycles. The topological polar surface area (TPSA) is 80.5 Å². The fourth-order valence-corrected chi connectivity index (χ4v) is 3.21. The molecule has 3 rings (SSSR count). The molecule has 25 heavy (non-hydrogen) atoms. The van der Waals surface area contributed by atoms with Crippen molar-refractivity contribution in [3.63, 3.8) is 0 Å². The van der Waals surface area contributed by atoms with Crippen LogP contribution in [0.5, 0.6) is 0 Å². The van der Waals surface area contributed by atoms with Gasteiger partial charge in [-0.2, -0.15) is 0 Å². The second-order valence-electron chi connectivity index (χ2n) is 6.19. The molecule has 0 radical (unpaired) electrons. The fourth-order valence-electron chi connectivity index (χ4n) is 3.21. The molecule has 1 atom stereocenters. The Bertz CT molecular complexity index is 702. The molecular formula is C18H24N4O3. The van der Waals surface area contributed by atoms with Gasteiger partial charge in [0.25, 0.3) is 0 Å². The predicted octanol–water partition coefficient (Wildman–Crippen LogP) is 0.975. The largest absolute Gasteiger partial charge is 0.396 e. The summed E-state index contributed by atoms with van der Waals surface area (Å²) in [6.07, 6.45) is 1.82. The summed E-state index contributed by atoms with van der Waals surface area (Å²) in [6.45, 7) is 1.58. The number of nitrogens with zero attached hydrogens (tertiary/aromatic N) is 4. The summed E-state index contributed by atoms with van der Waals surface area (Å²) in [4.78, 5) is 14.9. The molecule has 0 saturated carbocycles. The number of methoxy groups -OCH3 is 1. The maximum Gasteiger partial charge on any atom is 0.246 e. The van der Waals surface area contributed by atoms with Crippen molar-refractivity contribution in [3.8, 4) is 0 Å². The summed E-state index contributed by atoms with van der Waals surface area (Å²) in [6, 6.07) is 9.62. The third-order valence-electron chi connectivity index (χ3n) is 4.47. The normalized spacial score (nSPS) is 17.0. The zero-order chi connectivity index (χ0) is 17.6. The van der Waals surface area contributed by atoms with E-state index in [-0.39, 0.29) is 18.6 Å². The van der Waals surface area contributed by atoms with E-state index in [2.05, 4.69) is 10.2 Å². The Hall–Kier alpha value is -2.25. The lowest BCUT2D eigenvalue weighted by Crippen LogP contribution is -2.45. The average molecular weight is 344 g/mol. The van der Waals surface area contributed by atoms with Gasteiger partial charge >= 0.3 is 0 Å². The van der Waals surface area contributed by atoms with Gasteiger partial charge in [-0.25, -0.2) is 0 Å². The molecule has 2 heterocycles. The molecule has 0 bridgehead atoms. The molecule has 1 aliphatic rings. The first kappa shape index (κ1) is 17.6. The van der Waals surface area contributed by atoms with Crippen LogP contribution in [0.25, 0.3) is 0 Å². The van der Waals surface area contributed by atoms with Crippen LogP contribution < -0.4 is 0 Å². The maximum atomic E-state index is 13.1. The molecule has 1 aromatic carbocycles. The summed E-state index contributed by atoms with van der Waals surface area (Å²) in [5, 5.41) is 17.7. The van der Waals surface area contributed by atoms with Gasteiger partial charge in [0.2, 0.25) is 5.91 Å². The lowest BCUT2D eigenvalue weighted by atomic mass is 10.0. The van der Waals surface area contributed by atoms with Crippen LogP contribution in [-0.2, 0) is 28.9 Å². The van der Waals surface area contributed by atoms with E-state index in [0.29, 0.717) is 39.0 Å².